The maximum atomic E-state index is 4.61. The summed E-state index contributed by atoms with van der Waals surface area (Å²) in [6, 6.07) is 14.3. The first-order valence-electron chi connectivity index (χ1n) is 8.11. The Morgan fingerprint density at radius 3 is 2.29 bits per heavy atom. The molecule has 3 heteroatoms. The Labute approximate surface area is 143 Å². The van der Waals surface area contributed by atoms with Crippen LogP contribution < -0.4 is 0 Å². The molecule has 1 heterocycles. The van der Waals surface area contributed by atoms with E-state index in [9.17, 15) is 0 Å². The van der Waals surface area contributed by atoms with Crippen LogP contribution in [0.5, 0.6) is 0 Å². The predicted octanol–water partition coefficient (Wildman–Crippen LogP) is 5.45. The van der Waals surface area contributed by atoms with E-state index in [1.54, 1.807) is 0 Å². The quantitative estimate of drug-likeness (QED) is 0.673. The topological polar surface area (TPSA) is 37.1 Å². The first kappa shape index (κ1) is 16.1. The molecule has 0 N–H and O–H groups in total. The monoisotopic (exact) mass is 315 g/mol. The molecule has 0 saturated heterocycles. The van der Waals surface area contributed by atoms with E-state index in [2.05, 4.69) is 66.1 Å². The van der Waals surface area contributed by atoms with Crippen molar-refractivity contribution in [2.75, 3.05) is 0 Å². The molecule has 120 valence electrons. The van der Waals surface area contributed by atoms with Crippen LogP contribution in [0.3, 0.4) is 0 Å². The van der Waals surface area contributed by atoms with Crippen molar-refractivity contribution in [1.82, 2.24) is 0 Å². The molecule has 1 aliphatic rings. The Bertz CT molecular complexity index is 850. The van der Waals surface area contributed by atoms with Crippen molar-refractivity contribution in [2.45, 2.75) is 27.2 Å². The molecule has 0 spiro atoms. The molecule has 1 aliphatic heterocycles. The Kier molecular flexibility index (Phi) is 4.80. The van der Waals surface area contributed by atoms with Gasteiger partial charge in [0, 0.05) is 12.6 Å². The lowest BCUT2D eigenvalue weighted by Gasteiger charge is -2.02. The van der Waals surface area contributed by atoms with Crippen LogP contribution in [0.2, 0.25) is 0 Å². The Balaban J connectivity index is 1.72. The third kappa shape index (κ3) is 3.74. The number of hydrogen-bond donors (Lipinski definition) is 0. The predicted molar refractivity (Wildman–Crippen MR) is 104 cm³/mol. The van der Waals surface area contributed by atoms with Crippen LogP contribution in [0.25, 0.3) is 0 Å². The van der Waals surface area contributed by atoms with Gasteiger partial charge in [0.25, 0.3) is 0 Å². The smallest absolute Gasteiger partial charge is 0.0780 e. The molecule has 0 saturated carbocycles. The first-order chi connectivity index (χ1) is 11.6. The number of hydrogen-bond acceptors (Lipinski definition) is 3. The molecule has 0 atom stereocenters. The molecular formula is C21H21N3. The highest BCUT2D eigenvalue weighted by Crippen LogP contribution is 2.23. The summed E-state index contributed by atoms with van der Waals surface area (Å²) in [4.78, 5) is 13.7. The van der Waals surface area contributed by atoms with E-state index in [-0.39, 0.29) is 0 Å². The van der Waals surface area contributed by atoms with Crippen molar-refractivity contribution in [3.05, 3.63) is 70.9 Å². The van der Waals surface area contributed by atoms with Crippen LogP contribution in [0.15, 0.2) is 69.2 Å². The lowest BCUT2D eigenvalue weighted by Crippen LogP contribution is -1.93. The van der Waals surface area contributed by atoms with E-state index in [0.29, 0.717) is 0 Å². The van der Waals surface area contributed by atoms with Crippen molar-refractivity contribution in [1.29, 1.82) is 0 Å². The summed E-state index contributed by atoms with van der Waals surface area (Å²) in [7, 11) is 0. The van der Waals surface area contributed by atoms with Crippen LogP contribution in [-0.4, -0.2) is 18.1 Å². The van der Waals surface area contributed by atoms with Crippen LogP contribution in [0.1, 0.15) is 23.1 Å². The van der Waals surface area contributed by atoms with Crippen LogP contribution in [0.4, 0.5) is 11.4 Å². The zero-order valence-electron chi connectivity index (χ0n) is 14.3. The molecule has 2 aromatic carbocycles. The average Bonchev–Trinajstić information content (AvgIpc) is 3.01. The van der Waals surface area contributed by atoms with Crippen molar-refractivity contribution in [3.8, 4) is 0 Å². The minimum Gasteiger partial charge on any atom is -0.255 e. The normalized spacial score (nSPS) is 14.5. The third-order valence-corrected chi connectivity index (χ3v) is 4.03. The van der Waals surface area contributed by atoms with Gasteiger partial charge in [-0.15, -0.1) is 0 Å². The number of aliphatic imine (C=N–C) groups is 3. The molecule has 0 aliphatic carbocycles. The van der Waals surface area contributed by atoms with Crippen molar-refractivity contribution in [3.63, 3.8) is 0 Å². The molecule has 2 aromatic rings. The summed E-state index contributed by atoms with van der Waals surface area (Å²) in [6.45, 7) is 6.21. The highest BCUT2D eigenvalue weighted by molar-refractivity contribution is 6.33. The number of aryl methyl sites for hydroxylation is 3. The molecule has 0 bridgehead atoms. The second-order valence-corrected chi connectivity index (χ2v) is 5.98. The Morgan fingerprint density at radius 1 is 0.833 bits per heavy atom. The van der Waals surface area contributed by atoms with Crippen molar-refractivity contribution < 1.29 is 0 Å². The van der Waals surface area contributed by atoms with Gasteiger partial charge in [0.05, 0.1) is 29.0 Å². The zero-order chi connectivity index (χ0) is 16.9. The van der Waals surface area contributed by atoms with Gasteiger partial charge in [0.1, 0.15) is 0 Å². The fraction of sp³-hybridized carbons (Fsp3) is 0.190. The van der Waals surface area contributed by atoms with Gasteiger partial charge >= 0.3 is 0 Å². The molecule has 0 radical (unpaired) electrons. The van der Waals surface area contributed by atoms with Gasteiger partial charge in [-0.2, -0.15) is 0 Å². The summed E-state index contributed by atoms with van der Waals surface area (Å²) < 4.78 is 0. The standard InChI is InChI=1S/C21H21N3/c1-15-7-4-5-10-20(15)22-13-18-11-12-19(24-18)14-23-21-16(2)8-6-9-17(21)3/h4-10,12-14H,11H2,1-3H3. The van der Waals surface area contributed by atoms with Gasteiger partial charge < -0.3 is 0 Å². The fourth-order valence-electron chi connectivity index (χ4n) is 2.62. The molecule has 3 rings (SSSR count). The number of allylic oxidation sites excluding steroid dienone is 2. The molecular weight excluding hydrogens is 294 g/mol. The van der Waals surface area contributed by atoms with E-state index in [1.807, 2.05) is 30.6 Å². The fourth-order valence-corrected chi connectivity index (χ4v) is 2.62. The third-order valence-electron chi connectivity index (χ3n) is 4.03. The van der Waals surface area contributed by atoms with Gasteiger partial charge in [-0.1, -0.05) is 42.5 Å². The van der Waals surface area contributed by atoms with Crippen molar-refractivity contribution in [2.24, 2.45) is 15.0 Å². The van der Waals surface area contributed by atoms with E-state index in [0.717, 1.165) is 34.8 Å². The van der Waals surface area contributed by atoms with Crippen molar-refractivity contribution >= 4 is 29.5 Å². The Morgan fingerprint density at radius 2 is 1.54 bits per heavy atom. The number of rotatable bonds is 4. The Hall–Kier alpha value is -2.81. The maximum Gasteiger partial charge on any atom is 0.0780 e. The van der Waals surface area contributed by atoms with Gasteiger partial charge in [-0.3, -0.25) is 15.0 Å². The van der Waals surface area contributed by atoms with E-state index in [4.69, 9.17) is 0 Å². The average molecular weight is 315 g/mol. The molecule has 3 nitrogen and oxygen atoms in total. The maximum absolute atomic E-state index is 4.61. The summed E-state index contributed by atoms with van der Waals surface area (Å²) in [5.74, 6) is 0. The minimum atomic E-state index is 0.795. The second-order valence-electron chi connectivity index (χ2n) is 5.98. The summed E-state index contributed by atoms with van der Waals surface area (Å²) >= 11 is 0. The van der Waals surface area contributed by atoms with Gasteiger partial charge in [-0.25, -0.2) is 0 Å². The molecule has 0 amide bonds. The van der Waals surface area contributed by atoms with Gasteiger partial charge in [-0.05, 0) is 43.5 Å². The molecule has 0 aromatic heterocycles. The van der Waals surface area contributed by atoms with Crippen LogP contribution in [0, 0.1) is 20.8 Å². The summed E-state index contributed by atoms with van der Waals surface area (Å²) in [5, 5.41) is 0. The second kappa shape index (κ2) is 7.18. The number of benzene rings is 2. The van der Waals surface area contributed by atoms with E-state index < -0.39 is 0 Å². The van der Waals surface area contributed by atoms with Crippen LogP contribution in [-0.2, 0) is 0 Å². The number of para-hydroxylation sites is 2. The highest BCUT2D eigenvalue weighted by Gasteiger charge is 2.06. The first-order valence-corrected chi connectivity index (χ1v) is 8.11. The lowest BCUT2D eigenvalue weighted by atomic mass is 10.1. The largest absolute Gasteiger partial charge is 0.255 e. The minimum absolute atomic E-state index is 0.795. The SMILES string of the molecule is Cc1ccccc1N=CC1=NC(C=Nc2c(C)cccc2C)=CC1. The van der Waals surface area contributed by atoms with E-state index in [1.165, 1.54) is 11.1 Å². The summed E-state index contributed by atoms with van der Waals surface area (Å²) in [6.07, 6.45) is 6.56. The molecule has 0 unspecified atom stereocenters. The van der Waals surface area contributed by atoms with Gasteiger partial charge in [0.15, 0.2) is 0 Å². The van der Waals surface area contributed by atoms with Crippen LogP contribution >= 0.6 is 0 Å². The highest BCUT2D eigenvalue weighted by atomic mass is 14.8. The van der Waals surface area contributed by atoms with Gasteiger partial charge in [0.2, 0.25) is 0 Å². The zero-order valence-corrected chi connectivity index (χ0v) is 14.3. The molecule has 24 heavy (non-hydrogen) atoms. The molecule has 0 fully saturated rings. The van der Waals surface area contributed by atoms with E-state index >= 15 is 0 Å². The number of nitrogens with zero attached hydrogens (tertiary/aromatic N) is 3. The lowest BCUT2D eigenvalue weighted by molar-refractivity contribution is 1.33. The summed E-state index contributed by atoms with van der Waals surface area (Å²) in [5.41, 5.74) is 7.38.